The Bertz CT molecular complexity index is 284. The number of ether oxygens (including phenoxy) is 2. The predicted octanol–water partition coefficient (Wildman–Crippen LogP) is -0.363. The van der Waals surface area contributed by atoms with E-state index in [0.717, 1.165) is 4.90 Å². The van der Waals surface area contributed by atoms with Crippen LogP contribution in [0.4, 0.5) is 4.79 Å². The summed E-state index contributed by atoms with van der Waals surface area (Å²) in [5, 5.41) is 18.1. The Kier molecular flexibility index (Phi) is 3.71. The topological polar surface area (TPSA) is 96.3 Å². The second-order valence-corrected chi connectivity index (χ2v) is 4.19. The summed E-state index contributed by atoms with van der Waals surface area (Å²) in [6.07, 6.45) is -1.23. The van der Waals surface area contributed by atoms with E-state index >= 15 is 0 Å². The lowest BCUT2D eigenvalue weighted by atomic mass is 10.2. The van der Waals surface area contributed by atoms with Gasteiger partial charge in [-0.25, -0.2) is 9.59 Å². The van der Waals surface area contributed by atoms with E-state index in [4.69, 9.17) is 9.84 Å². The molecule has 1 heterocycles. The van der Waals surface area contributed by atoms with Crippen molar-refractivity contribution < 1.29 is 29.3 Å². The molecule has 0 aromatic rings. The molecule has 1 saturated heterocycles. The Labute approximate surface area is 92.6 Å². The van der Waals surface area contributed by atoms with E-state index in [1.165, 1.54) is 0 Å². The van der Waals surface area contributed by atoms with Gasteiger partial charge in [0.05, 0.1) is 18.8 Å². The summed E-state index contributed by atoms with van der Waals surface area (Å²) in [5.74, 6) is -0.627. The Morgan fingerprint density at radius 2 is 2.31 bits per heavy atom. The highest BCUT2D eigenvalue weighted by molar-refractivity contribution is 5.83. The molecule has 1 aliphatic rings. The van der Waals surface area contributed by atoms with E-state index in [1.54, 1.807) is 13.8 Å². The van der Waals surface area contributed by atoms with E-state index in [0.29, 0.717) is 0 Å². The summed E-state index contributed by atoms with van der Waals surface area (Å²) >= 11 is 0. The van der Waals surface area contributed by atoms with Gasteiger partial charge in [0.25, 0.3) is 0 Å². The number of nitrogens with zero attached hydrogens (tertiary/aromatic N) is 1. The number of carbonyl (C=O) groups excluding carboxylic acids is 1. The van der Waals surface area contributed by atoms with Crippen LogP contribution in [0.1, 0.15) is 13.8 Å². The van der Waals surface area contributed by atoms with Crippen molar-refractivity contribution in [2.75, 3.05) is 19.9 Å². The molecule has 0 aromatic heterocycles. The normalized spacial score (nSPS) is 21.1. The Morgan fingerprint density at radius 3 is 2.81 bits per heavy atom. The standard InChI is InChI=1S/C9H15NO6/c1-9(2,14)4-15-3-6-7(11)16-5-10(6)8(12)13/h6,14H,3-5H2,1-2H3,(H,12,13). The van der Waals surface area contributed by atoms with Crippen LogP contribution in [0.2, 0.25) is 0 Å². The van der Waals surface area contributed by atoms with Crippen LogP contribution in [0.3, 0.4) is 0 Å². The SMILES string of the molecule is CC(C)(O)COCC1C(=O)OCN1C(=O)O. The largest absolute Gasteiger partial charge is 0.465 e. The van der Waals surface area contributed by atoms with Gasteiger partial charge < -0.3 is 19.7 Å². The third-order valence-corrected chi connectivity index (χ3v) is 1.97. The monoisotopic (exact) mass is 233 g/mol. The van der Waals surface area contributed by atoms with Crippen LogP contribution in [0.5, 0.6) is 0 Å². The van der Waals surface area contributed by atoms with Gasteiger partial charge in [-0.15, -0.1) is 0 Å². The van der Waals surface area contributed by atoms with Crippen LogP contribution in [0.15, 0.2) is 0 Å². The van der Waals surface area contributed by atoms with Gasteiger partial charge in [0.2, 0.25) is 0 Å². The molecule has 0 spiro atoms. The Hall–Kier alpha value is -1.34. The average molecular weight is 233 g/mol. The van der Waals surface area contributed by atoms with Gasteiger partial charge in [0, 0.05) is 0 Å². The smallest absolute Gasteiger partial charge is 0.410 e. The first-order valence-corrected chi connectivity index (χ1v) is 4.77. The maximum atomic E-state index is 11.2. The van der Waals surface area contributed by atoms with Crippen molar-refractivity contribution in [2.24, 2.45) is 0 Å². The molecular formula is C9H15NO6. The van der Waals surface area contributed by atoms with Crippen molar-refractivity contribution in [3.05, 3.63) is 0 Å². The molecule has 1 atom stereocenters. The Morgan fingerprint density at radius 1 is 1.69 bits per heavy atom. The highest BCUT2D eigenvalue weighted by atomic mass is 16.6. The molecule has 1 aliphatic heterocycles. The number of hydrogen-bond donors (Lipinski definition) is 2. The maximum absolute atomic E-state index is 11.2. The summed E-state index contributed by atoms with van der Waals surface area (Å²) < 4.78 is 9.66. The maximum Gasteiger partial charge on any atom is 0.410 e. The van der Waals surface area contributed by atoms with Crippen molar-refractivity contribution in [1.29, 1.82) is 0 Å². The number of esters is 1. The van der Waals surface area contributed by atoms with Crippen molar-refractivity contribution in [1.82, 2.24) is 4.90 Å². The van der Waals surface area contributed by atoms with Gasteiger partial charge >= 0.3 is 12.1 Å². The van der Waals surface area contributed by atoms with Crippen LogP contribution in [0.25, 0.3) is 0 Å². The third-order valence-electron chi connectivity index (χ3n) is 1.97. The van der Waals surface area contributed by atoms with Crippen molar-refractivity contribution in [2.45, 2.75) is 25.5 Å². The highest BCUT2D eigenvalue weighted by Crippen LogP contribution is 2.12. The lowest BCUT2D eigenvalue weighted by Gasteiger charge is -2.20. The fourth-order valence-corrected chi connectivity index (χ4v) is 1.21. The molecule has 2 N–H and O–H groups in total. The number of carboxylic acid groups (broad SMARTS) is 1. The first kappa shape index (κ1) is 12.7. The summed E-state index contributed by atoms with van der Waals surface area (Å²) in [6, 6.07) is -0.945. The van der Waals surface area contributed by atoms with Gasteiger partial charge in [-0.3, -0.25) is 4.90 Å². The van der Waals surface area contributed by atoms with E-state index in [-0.39, 0.29) is 19.9 Å². The number of carbonyl (C=O) groups is 2. The van der Waals surface area contributed by atoms with E-state index in [2.05, 4.69) is 4.74 Å². The summed E-state index contributed by atoms with van der Waals surface area (Å²) in [5.41, 5.74) is -1.02. The molecular weight excluding hydrogens is 218 g/mol. The number of cyclic esters (lactones) is 1. The zero-order chi connectivity index (χ0) is 12.3. The average Bonchev–Trinajstić information content (AvgIpc) is 2.46. The lowest BCUT2D eigenvalue weighted by Crippen LogP contribution is -2.41. The quantitative estimate of drug-likeness (QED) is 0.643. The fraction of sp³-hybridized carbons (Fsp3) is 0.778. The van der Waals surface area contributed by atoms with Crippen molar-refractivity contribution in [3.8, 4) is 0 Å². The first-order chi connectivity index (χ1) is 7.31. The van der Waals surface area contributed by atoms with Gasteiger partial charge in [-0.05, 0) is 13.8 Å². The molecule has 1 unspecified atom stereocenters. The van der Waals surface area contributed by atoms with E-state index in [9.17, 15) is 14.7 Å². The molecule has 1 fully saturated rings. The molecule has 7 heteroatoms. The van der Waals surface area contributed by atoms with Crippen LogP contribution in [-0.2, 0) is 14.3 Å². The molecule has 16 heavy (non-hydrogen) atoms. The van der Waals surface area contributed by atoms with Crippen LogP contribution in [0, 0.1) is 0 Å². The van der Waals surface area contributed by atoms with E-state index in [1.807, 2.05) is 0 Å². The van der Waals surface area contributed by atoms with Gasteiger partial charge in [0.1, 0.15) is 0 Å². The minimum absolute atomic E-state index is 0.0181. The summed E-state index contributed by atoms with van der Waals surface area (Å²) in [6.45, 7) is 2.73. The number of aliphatic hydroxyl groups is 1. The second-order valence-electron chi connectivity index (χ2n) is 4.19. The van der Waals surface area contributed by atoms with Crippen LogP contribution >= 0.6 is 0 Å². The minimum Gasteiger partial charge on any atom is -0.465 e. The zero-order valence-corrected chi connectivity index (χ0v) is 9.17. The number of amides is 1. The van der Waals surface area contributed by atoms with Gasteiger partial charge in [-0.1, -0.05) is 0 Å². The first-order valence-electron chi connectivity index (χ1n) is 4.77. The van der Waals surface area contributed by atoms with Crippen molar-refractivity contribution in [3.63, 3.8) is 0 Å². The molecule has 92 valence electrons. The Balaban J connectivity index is 2.45. The molecule has 7 nitrogen and oxygen atoms in total. The summed E-state index contributed by atoms with van der Waals surface area (Å²) in [4.78, 5) is 22.7. The molecule has 0 aromatic carbocycles. The molecule has 1 rings (SSSR count). The molecule has 0 bridgehead atoms. The minimum atomic E-state index is -1.23. The van der Waals surface area contributed by atoms with Crippen molar-refractivity contribution >= 4 is 12.1 Å². The molecule has 0 aliphatic carbocycles. The lowest BCUT2D eigenvalue weighted by molar-refractivity contribution is -0.140. The number of rotatable bonds is 4. The van der Waals surface area contributed by atoms with Gasteiger partial charge in [0.15, 0.2) is 12.8 Å². The predicted molar refractivity (Wildman–Crippen MR) is 51.7 cm³/mol. The van der Waals surface area contributed by atoms with Gasteiger partial charge in [-0.2, -0.15) is 0 Å². The zero-order valence-electron chi connectivity index (χ0n) is 9.17. The second kappa shape index (κ2) is 4.67. The summed E-state index contributed by atoms with van der Waals surface area (Å²) in [7, 11) is 0. The van der Waals surface area contributed by atoms with E-state index < -0.39 is 23.7 Å². The van der Waals surface area contributed by atoms with Crippen LogP contribution in [-0.4, -0.2) is 58.8 Å². The fourth-order valence-electron chi connectivity index (χ4n) is 1.21. The molecule has 0 saturated carbocycles. The molecule has 0 radical (unpaired) electrons. The number of hydrogen-bond acceptors (Lipinski definition) is 5. The highest BCUT2D eigenvalue weighted by Gasteiger charge is 2.38. The third kappa shape index (κ3) is 3.35. The molecule has 1 amide bonds. The van der Waals surface area contributed by atoms with Crippen LogP contribution < -0.4 is 0 Å².